The molecule has 1 N–H and O–H groups in total. The number of fused-ring (bicyclic) bond motifs is 1. The van der Waals surface area contributed by atoms with Crippen LogP contribution in [0.25, 0.3) is 11.0 Å². The summed E-state index contributed by atoms with van der Waals surface area (Å²) in [4.78, 5) is 23.8. The molecule has 4 rings (SSSR count). The summed E-state index contributed by atoms with van der Waals surface area (Å²) in [6.45, 7) is 4.62. The van der Waals surface area contributed by atoms with Crippen LogP contribution in [0.3, 0.4) is 0 Å². The monoisotopic (exact) mass is 444 g/mol. The zero-order chi connectivity index (χ0) is 21.6. The number of hydrogen-bond donors (Lipinski definition) is 1. The minimum absolute atomic E-state index is 0.0582. The summed E-state index contributed by atoms with van der Waals surface area (Å²) < 4.78 is 20.6. The number of ether oxygens (including phenoxy) is 1. The van der Waals surface area contributed by atoms with E-state index in [4.69, 9.17) is 9.72 Å². The van der Waals surface area contributed by atoms with Gasteiger partial charge in [0.2, 0.25) is 0 Å². The number of amides is 1. The van der Waals surface area contributed by atoms with Gasteiger partial charge in [-0.25, -0.2) is 19.0 Å². The van der Waals surface area contributed by atoms with Gasteiger partial charge in [-0.2, -0.15) is 5.10 Å². The highest BCUT2D eigenvalue weighted by molar-refractivity contribution is 7.99. The average molecular weight is 445 g/mol. The van der Waals surface area contributed by atoms with Crippen LogP contribution in [0.1, 0.15) is 19.8 Å². The largest absolute Gasteiger partial charge is 0.481 e. The summed E-state index contributed by atoms with van der Waals surface area (Å²) in [5, 5.41) is 8.92. The molecule has 31 heavy (non-hydrogen) atoms. The van der Waals surface area contributed by atoms with Gasteiger partial charge in [0, 0.05) is 19.6 Å². The van der Waals surface area contributed by atoms with Crippen molar-refractivity contribution in [2.45, 2.75) is 31.5 Å². The fourth-order valence-corrected chi connectivity index (χ4v) is 4.07. The van der Waals surface area contributed by atoms with Gasteiger partial charge in [-0.05, 0) is 30.7 Å². The van der Waals surface area contributed by atoms with Crippen molar-refractivity contribution < 1.29 is 13.9 Å². The summed E-state index contributed by atoms with van der Waals surface area (Å²) in [6.07, 6.45) is 4.13. The normalized spacial score (nSPS) is 13.7. The first-order valence-corrected chi connectivity index (χ1v) is 11.4. The topological polar surface area (TPSA) is 85.2 Å². The molecule has 0 radical (unpaired) electrons. The standard InChI is InChI=1S/C21H25FN6O2S/c1-2-31-21-25-19(27-10-5-6-11-27)15-13-24-28(20(15)26-21)12-9-23-18(29)14-30-17-8-4-3-7-16(17)22/h3-4,7-8,13H,2,5-6,9-12,14H2,1H3,(H,23,29). The van der Waals surface area contributed by atoms with Gasteiger partial charge in [0.1, 0.15) is 5.82 Å². The molecular formula is C21H25FN6O2S. The van der Waals surface area contributed by atoms with E-state index in [9.17, 15) is 9.18 Å². The van der Waals surface area contributed by atoms with Crippen LogP contribution in [0.15, 0.2) is 35.6 Å². The Bertz CT molecular complexity index is 1050. The number of carbonyl (C=O) groups excluding carboxylic acids is 1. The number of anilines is 1. The lowest BCUT2D eigenvalue weighted by Crippen LogP contribution is -2.32. The molecule has 3 aromatic rings. The molecule has 0 unspecified atom stereocenters. The first-order valence-electron chi connectivity index (χ1n) is 10.4. The van der Waals surface area contributed by atoms with Crippen molar-refractivity contribution >= 4 is 34.5 Å². The van der Waals surface area contributed by atoms with E-state index in [1.165, 1.54) is 12.1 Å². The third-order valence-electron chi connectivity index (χ3n) is 4.98. The minimum Gasteiger partial charge on any atom is -0.481 e. The predicted molar refractivity (Wildman–Crippen MR) is 118 cm³/mol. The summed E-state index contributed by atoms with van der Waals surface area (Å²) in [5.74, 6) is 1.06. The number of carbonyl (C=O) groups is 1. The number of nitrogens with zero attached hydrogens (tertiary/aromatic N) is 5. The number of aromatic nitrogens is 4. The van der Waals surface area contributed by atoms with Crippen molar-refractivity contribution in [2.75, 3.05) is 36.9 Å². The fourth-order valence-electron chi connectivity index (χ4n) is 3.51. The second kappa shape index (κ2) is 9.95. The summed E-state index contributed by atoms with van der Waals surface area (Å²) >= 11 is 1.60. The quantitative estimate of drug-likeness (QED) is 0.401. The van der Waals surface area contributed by atoms with Crippen molar-refractivity contribution in [1.82, 2.24) is 25.1 Å². The highest BCUT2D eigenvalue weighted by Gasteiger charge is 2.20. The molecular weight excluding hydrogens is 419 g/mol. The van der Waals surface area contributed by atoms with Gasteiger partial charge in [-0.1, -0.05) is 30.8 Å². The molecule has 1 aliphatic heterocycles. The van der Waals surface area contributed by atoms with Crippen LogP contribution in [0.2, 0.25) is 0 Å². The molecule has 1 aromatic carbocycles. The van der Waals surface area contributed by atoms with Crippen molar-refractivity contribution in [3.8, 4) is 5.75 Å². The maximum absolute atomic E-state index is 13.6. The van der Waals surface area contributed by atoms with Crippen LogP contribution in [0.4, 0.5) is 10.2 Å². The summed E-state index contributed by atoms with van der Waals surface area (Å²) in [6, 6.07) is 6.00. The zero-order valence-electron chi connectivity index (χ0n) is 17.4. The Morgan fingerprint density at radius 3 is 2.84 bits per heavy atom. The van der Waals surface area contributed by atoms with Gasteiger partial charge in [0.25, 0.3) is 5.91 Å². The smallest absolute Gasteiger partial charge is 0.258 e. The number of para-hydroxylation sites is 1. The van der Waals surface area contributed by atoms with Crippen molar-refractivity contribution in [1.29, 1.82) is 0 Å². The molecule has 0 atom stereocenters. The van der Waals surface area contributed by atoms with E-state index in [0.29, 0.717) is 13.1 Å². The van der Waals surface area contributed by atoms with Crippen LogP contribution < -0.4 is 15.0 Å². The Morgan fingerprint density at radius 2 is 2.06 bits per heavy atom. The second-order valence-electron chi connectivity index (χ2n) is 7.13. The molecule has 10 heteroatoms. The van der Waals surface area contributed by atoms with Gasteiger partial charge in [-0.3, -0.25) is 4.79 Å². The third-order valence-corrected chi connectivity index (χ3v) is 5.71. The van der Waals surface area contributed by atoms with Crippen molar-refractivity contribution in [2.24, 2.45) is 0 Å². The Balaban J connectivity index is 1.40. The first kappa shape index (κ1) is 21.4. The van der Waals surface area contributed by atoms with Crippen LogP contribution >= 0.6 is 11.8 Å². The maximum atomic E-state index is 13.6. The van der Waals surface area contributed by atoms with Gasteiger partial charge in [0.05, 0.1) is 18.1 Å². The van der Waals surface area contributed by atoms with E-state index in [0.717, 1.165) is 53.7 Å². The third kappa shape index (κ3) is 5.07. The molecule has 1 amide bonds. The van der Waals surface area contributed by atoms with Gasteiger partial charge in [0.15, 0.2) is 29.0 Å². The van der Waals surface area contributed by atoms with Crippen LogP contribution in [0, 0.1) is 5.82 Å². The van der Waals surface area contributed by atoms with E-state index in [1.807, 2.05) is 0 Å². The molecule has 0 aliphatic carbocycles. The van der Waals surface area contributed by atoms with Crippen molar-refractivity contribution in [3.63, 3.8) is 0 Å². The molecule has 3 heterocycles. The highest BCUT2D eigenvalue weighted by atomic mass is 32.2. The van der Waals surface area contributed by atoms with Gasteiger partial charge >= 0.3 is 0 Å². The van der Waals surface area contributed by atoms with Crippen molar-refractivity contribution in [3.05, 3.63) is 36.3 Å². The summed E-state index contributed by atoms with van der Waals surface area (Å²) in [7, 11) is 0. The van der Waals surface area contributed by atoms with Crippen LogP contribution in [-0.2, 0) is 11.3 Å². The van der Waals surface area contributed by atoms with E-state index in [-0.39, 0.29) is 18.3 Å². The van der Waals surface area contributed by atoms with Crippen LogP contribution in [0.5, 0.6) is 5.75 Å². The maximum Gasteiger partial charge on any atom is 0.258 e. The van der Waals surface area contributed by atoms with E-state index >= 15 is 0 Å². The lowest BCUT2D eigenvalue weighted by Gasteiger charge is -2.17. The lowest BCUT2D eigenvalue weighted by atomic mass is 10.3. The Kier molecular flexibility index (Phi) is 6.86. The molecule has 1 saturated heterocycles. The fraction of sp³-hybridized carbons (Fsp3) is 0.429. The summed E-state index contributed by atoms with van der Waals surface area (Å²) in [5.41, 5.74) is 0.768. The minimum atomic E-state index is -0.493. The number of nitrogens with one attached hydrogen (secondary N) is 1. The number of thioether (sulfide) groups is 1. The number of benzene rings is 1. The second-order valence-corrected chi connectivity index (χ2v) is 8.36. The molecule has 164 valence electrons. The molecule has 0 saturated carbocycles. The Hall–Kier alpha value is -2.88. The zero-order valence-corrected chi connectivity index (χ0v) is 18.2. The molecule has 0 bridgehead atoms. The SMILES string of the molecule is CCSc1nc(N2CCCC2)c2cnn(CCNC(=O)COc3ccccc3F)c2n1. The number of halogens is 1. The average Bonchev–Trinajstić information content (AvgIpc) is 3.44. The van der Waals surface area contributed by atoms with E-state index in [1.54, 1.807) is 34.8 Å². The van der Waals surface area contributed by atoms with E-state index in [2.05, 4.69) is 27.2 Å². The van der Waals surface area contributed by atoms with E-state index < -0.39 is 5.82 Å². The van der Waals surface area contributed by atoms with Gasteiger partial charge < -0.3 is 15.0 Å². The van der Waals surface area contributed by atoms with Gasteiger partial charge in [-0.15, -0.1) is 0 Å². The Labute approximate surface area is 184 Å². The predicted octanol–water partition coefficient (Wildman–Crippen LogP) is 2.87. The molecule has 2 aromatic heterocycles. The molecule has 1 aliphatic rings. The number of hydrogen-bond acceptors (Lipinski definition) is 7. The highest BCUT2D eigenvalue weighted by Crippen LogP contribution is 2.29. The number of rotatable bonds is 9. The Morgan fingerprint density at radius 1 is 1.26 bits per heavy atom. The molecule has 1 fully saturated rings. The molecule has 0 spiro atoms. The first-order chi connectivity index (χ1) is 15.2. The van der Waals surface area contributed by atoms with Crippen LogP contribution in [-0.4, -0.2) is 57.6 Å². The molecule has 8 nitrogen and oxygen atoms in total. The lowest BCUT2D eigenvalue weighted by molar-refractivity contribution is -0.123.